The topological polar surface area (TPSA) is 93.1 Å². The SMILES string of the molecule is CC(C)C[C@H](C(=O)O[C@H](C)C(=O)O)N(C)C(=O)OC(C)(C)C. The highest BCUT2D eigenvalue weighted by Crippen LogP contribution is 2.17. The fraction of sp³-hybridized carbons (Fsp3) is 0.800. The lowest BCUT2D eigenvalue weighted by atomic mass is 10.0. The smallest absolute Gasteiger partial charge is 0.410 e. The number of carbonyl (C=O) groups excluding carboxylic acids is 2. The van der Waals surface area contributed by atoms with Gasteiger partial charge < -0.3 is 14.6 Å². The van der Waals surface area contributed by atoms with E-state index < -0.39 is 35.8 Å². The first-order valence-electron chi connectivity index (χ1n) is 7.24. The molecule has 0 rings (SSSR count). The minimum Gasteiger partial charge on any atom is -0.479 e. The van der Waals surface area contributed by atoms with E-state index in [-0.39, 0.29) is 5.92 Å². The van der Waals surface area contributed by atoms with Gasteiger partial charge in [0, 0.05) is 7.05 Å². The molecule has 128 valence electrons. The molecule has 0 unspecified atom stereocenters. The number of nitrogens with zero attached hydrogens (tertiary/aromatic N) is 1. The van der Waals surface area contributed by atoms with Crippen LogP contribution in [0.4, 0.5) is 4.79 Å². The number of aliphatic carboxylic acids is 1. The molecule has 0 aliphatic carbocycles. The Hall–Kier alpha value is -1.79. The van der Waals surface area contributed by atoms with Crippen LogP contribution < -0.4 is 0 Å². The molecule has 1 amide bonds. The molecule has 0 aromatic rings. The third-order valence-corrected chi connectivity index (χ3v) is 2.76. The second kappa shape index (κ2) is 8.00. The molecule has 22 heavy (non-hydrogen) atoms. The fourth-order valence-corrected chi connectivity index (χ4v) is 1.62. The van der Waals surface area contributed by atoms with Gasteiger partial charge in [0.2, 0.25) is 0 Å². The predicted molar refractivity (Wildman–Crippen MR) is 80.4 cm³/mol. The Balaban J connectivity index is 5.07. The Morgan fingerprint density at radius 3 is 2.00 bits per heavy atom. The normalized spacial score (nSPS) is 14.2. The Kier molecular flexibility index (Phi) is 7.35. The fourth-order valence-electron chi connectivity index (χ4n) is 1.62. The summed E-state index contributed by atoms with van der Waals surface area (Å²) >= 11 is 0. The van der Waals surface area contributed by atoms with Gasteiger partial charge in [-0.15, -0.1) is 0 Å². The lowest BCUT2D eigenvalue weighted by Gasteiger charge is -2.30. The molecule has 7 heteroatoms. The van der Waals surface area contributed by atoms with Crippen LogP contribution >= 0.6 is 0 Å². The maximum absolute atomic E-state index is 12.2. The van der Waals surface area contributed by atoms with Crippen molar-refractivity contribution >= 4 is 18.0 Å². The molecule has 0 radical (unpaired) electrons. The van der Waals surface area contributed by atoms with Crippen LogP contribution in [-0.2, 0) is 19.1 Å². The van der Waals surface area contributed by atoms with Crippen molar-refractivity contribution in [1.82, 2.24) is 4.90 Å². The van der Waals surface area contributed by atoms with Crippen molar-refractivity contribution in [3.63, 3.8) is 0 Å². The molecule has 0 saturated carbocycles. The number of carbonyl (C=O) groups is 3. The van der Waals surface area contributed by atoms with Gasteiger partial charge in [-0.2, -0.15) is 0 Å². The second-order valence-electron chi connectivity index (χ2n) is 6.65. The van der Waals surface area contributed by atoms with E-state index >= 15 is 0 Å². The van der Waals surface area contributed by atoms with Gasteiger partial charge in [-0.1, -0.05) is 13.8 Å². The Labute approximate surface area is 131 Å². The first-order valence-corrected chi connectivity index (χ1v) is 7.24. The van der Waals surface area contributed by atoms with Gasteiger partial charge >= 0.3 is 18.0 Å². The zero-order valence-electron chi connectivity index (χ0n) is 14.4. The molecule has 0 saturated heterocycles. The number of carboxylic acids is 1. The molecule has 0 fully saturated rings. The van der Waals surface area contributed by atoms with E-state index in [4.69, 9.17) is 14.6 Å². The van der Waals surface area contributed by atoms with Gasteiger partial charge in [-0.25, -0.2) is 14.4 Å². The number of likely N-dealkylation sites (N-methyl/N-ethyl adjacent to an activating group) is 1. The summed E-state index contributed by atoms with van der Waals surface area (Å²) in [6.07, 6.45) is -1.58. The maximum atomic E-state index is 12.2. The van der Waals surface area contributed by atoms with E-state index in [9.17, 15) is 14.4 Å². The summed E-state index contributed by atoms with van der Waals surface area (Å²) < 4.78 is 10.1. The van der Waals surface area contributed by atoms with Crippen molar-refractivity contribution in [1.29, 1.82) is 0 Å². The number of esters is 1. The van der Waals surface area contributed by atoms with Crippen LogP contribution in [0.2, 0.25) is 0 Å². The Bertz CT molecular complexity index is 413. The highest BCUT2D eigenvalue weighted by molar-refractivity contribution is 5.84. The lowest BCUT2D eigenvalue weighted by Crippen LogP contribution is -2.47. The minimum atomic E-state index is -1.27. The highest BCUT2D eigenvalue weighted by atomic mass is 16.6. The van der Waals surface area contributed by atoms with Gasteiger partial charge in [0.1, 0.15) is 11.6 Å². The molecule has 7 nitrogen and oxygen atoms in total. The first-order chi connectivity index (χ1) is 9.85. The standard InChI is InChI=1S/C15H27NO6/c1-9(2)8-11(13(19)21-10(3)12(17)18)16(7)14(20)22-15(4,5)6/h9-11H,8H2,1-7H3,(H,17,18)/t10-,11-/m1/s1. The number of carboxylic acid groups (broad SMARTS) is 1. The van der Waals surface area contributed by atoms with Gasteiger partial charge in [0.05, 0.1) is 0 Å². The van der Waals surface area contributed by atoms with Crippen molar-refractivity contribution in [2.75, 3.05) is 7.05 Å². The van der Waals surface area contributed by atoms with E-state index in [2.05, 4.69) is 0 Å². The number of hydrogen-bond acceptors (Lipinski definition) is 5. The maximum Gasteiger partial charge on any atom is 0.410 e. The summed E-state index contributed by atoms with van der Waals surface area (Å²) in [4.78, 5) is 36.2. The number of amides is 1. The number of hydrogen-bond donors (Lipinski definition) is 1. The number of ether oxygens (including phenoxy) is 2. The van der Waals surface area contributed by atoms with E-state index in [1.807, 2.05) is 13.8 Å². The lowest BCUT2D eigenvalue weighted by molar-refractivity contribution is -0.166. The van der Waals surface area contributed by atoms with Crippen molar-refractivity contribution in [2.24, 2.45) is 5.92 Å². The summed E-state index contributed by atoms with van der Waals surface area (Å²) in [5.74, 6) is -1.88. The molecular weight excluding hydrogens is 290 g/mol. The van der Waals surface area contributed by atoms with Crippen LogP contribution in [0.1, 0.15) is 48.0 Å². The number of rotatable bonds is 6. The van der Waals surface area contributed by atoms with Gasteiger partial charge in [0.25, 0.3) is 0 Å². The van der Waals surface area contributed by atoms with Gasteiger partial charge in [-0.3, -0.25) is 4.90 Å². The summed E-state index contributed by atoms with van der Waals surface area (Å²) in [6.45, 7) is 10.2. The average molecular weight is 317 g/mol. The van der Waals surface area contributed by atoms with Crippen molar-refractivity contribution in [3.8, 4) is 0 Å². The molecule has 0 aromatic heterocycles. The summed E-state index contributed by atoms with van der Waals surface area (Å²) in [6, 6.07) is -0.892. The van der Waals surface area contributed by atoms with Crippen molar-refractivity contribution in [3.05, 3.63) is 0 Å². The van der Waals surface area contributed by atoms with Crippen LogP contribution in [0.25, 0.3) is 0 Å². The average Bonchev–Trinajstić information content (AvgIpc) is 2.32. The monoisotopic (exact) mass is 317 g/mol. The summed E-state index contributed by atoms with van der Waals surface area (Å²) in [5.41, 5.74) is -0.689. The van der Waals surface area contributed by atoms with Crippen LogP contribution in [0.15, 0.2) is 0 Å². The summed E-state index contributed by atoms with van der Waals surface area (Å²) in [5, 5.41) is 8.81. The third kappa shape index (κ3) is 7.28. The highest BCUT2D eigenvalue weighted by Gasteiger charge is 2.33. The third-order valence-electron chi connectivity index (χ3n) is 2.76. The summed E-state index contributed by atoms with van der Waals surface area (Å²) in [7, 11) is 1.44. The Morgan fingerprint density at radius 1 is 1.14 bits per heavy atom. The molecular formula is C15H27NO6. The molecule has 0 spiro atoms. The molecule has 0 aromatic carbocycles. The zero-order valence-corrected chi connectivity index (χ0v) is 14.4. The van der Waals surface area contributed by atoms with E-state index in [1.165, 1.54) is 14.0 Å². The first kappa shape index (κ1) is 20.2. The molecule has 0 aliphatic rings. The van der Waals surface area contributed by atoms with Crippen LogP contribution in [-0.4, -0.2) is 52.8 Å². The van der Waals surface area contributed by atoms with Gasteiger partial charge in [-0.05, 0) is 40.0 Å². The quantitative estimate of drug-likeness (QED) is 0.755. The van der Waals surface area contributed by atoms with Crippen LogP contribution in [0, 0.1) is 5.92 Å². The second-order valence-corrected chi connectivity index (χ2v) is 6.65. The van der Waals surface area contributed by atoms with E-state index in [1.54, 1.807) is 20.8 Å². The zero-order chi connectivity index (χ0) is 17.7. The van der Waals surface area contributed by atoms with Crippen molar-refractivity contribution < 1.29 is 29.0 Å². The minimum absolute atomic E-state index is 0.113. The Morgan fingerprint density at radius 2 is 1.64 bits per heavy atom. The predicted octanol–water partition coefficient (Wildman–Crippen LogP) is 2.28. The largest absolute Gasteiger partial charge is 0.479 e. The van der Waals surface area contributed by atoms with Gasteiger partial charge in [0.15, 0.2) is 6.10 Å². The molecule has 0 bridgehead atoms. The van der Waals surface area contributed by atoms with E-state index in [0.717, 1.165) is 4.90 Å². The molecule has 0 aliphatic heterocycles. The molecule has 0 heterocycles. The molecule has 1 N–H and O–H groups in total. The van der Waals surface area contributed by atoms with Crippen LogP contribution in [0.5, 0.6) is 0 Å². The van der Waals surface area contributed by atoms with Crippen LogP contribution in [0.3, 0.4) is 0 Å². The van der Waals surface area contributed by atoms with E-state index in [0.29, 0.717) is 6.42 Å². The molecule has 2 atom stereocenters. The van der Waals surface area contributed by atoms with Crippen molar-refractivity contribution in [2.45, 2.75) is 65.7 Å².